The first kappa shape index (κ1) is 64.0. The van der Waals surface area contributed by atoms with E-state index in [-0.39, 0.29) is 54.7 Å². The number of hydrogen-bond acceptors (Lipinski definition) is 12. The maximum absolute atomic E-state index is 12.8. The third-order valence-corrected chi connectivity index (χ3v) is 18.6. The molecule has 3 aliphatic rings. The summed E-state index contributed by atoms with van der Waals surface area (Å²) in [5.41, 5.74) is 5.25. The second kappa shape index (κ2) is 27.8. The van der Waals surface area contributed by atoms with Crippen LogP contribution in [0.4, 0.5) is 17.1 Å². The minimum Gasteiger partial charge on any atom is -0.321 e. The van der Waals surface area contributed by atoms with Gasteiger partial charge < -0.3 is 16.0 Å². The van der Waals surface area contributed by atoms with E-state index in [1.54, 1.807) is 92.2 Å². The highest BCUT2D eigenvalue weighted by molar-refractivity contribution is 7.89. The predicted molar refractivity (Wildman–Crippen MR) is 305 cm³/mol. The summed E-state index contributed by atoms with van der Waals surface area (Å²) >= 11 is 0. The molecular formula is C54H78N12O9S3. The molecule has 78 heavy (non-hydrogen) atoms. The number of piperidine rings is 1. The van der Waals surface area contributed by atoms with Crippen molar-refractivity contribution in [2.75, 3.05) is 55.2 Å². The van der Waals surface area contributed by atoms with Gasteiger partial charge in [-0.2, -0.15) is 28.2 Å². The molecule has 3 saturated heterocycles. The predicted octanol–water partition coefficient (Wildman–Crippen LogP) is 8.37. The van der Waals surface area contributed by atoms with Gasteiger partial charge in [0.2, 0.25) is 30.1 Å². The van der Waals surface area contributed by atoms with E-state index >= 15 is 0 Å². The Hall–Kier alpha value is -6.57. The zero-order valence-corrected chi connectivity index (χ0v) is 45.6. The van der Waals surface area contributed by atoms with Crippen LogP contribution in [0.5, 0.6) is 0 Å². The maximum Gasteiger partial charge on any atom is 0.273 e. The fourth-order valence-corrected chi connectivity index (χ4v) is 13.5. The summed E-state index contributed by atoms with van der Waals surface area (Å²) in [5.74, 6) is -0.848. The second-order valence-electron chi connectivity index (χ2n) is 18.7. The Bertz CT molecular complexity index is 3300. The van der Waals surface area contributed by atoms with E-state index in [0.29, 0.717) is 73.4 Å². The van der Waals surface area contributed by atoms with Crippen molar-refractivity contribution in [3.05, 3.63) is 125 Å². The number of hydrogen-bond donors (Lipinski definition) is 3. The molecule has 3 N–H and O–H groups in total. The van der Waals surface area contributed by atoms with Crippen molar-refractivity contribution < 1.29 is 39.6 Å². The zero-order valence-electron chi connectivity index (χ0n) is 43.2. The molecular weight excluding hydrogens is 1060 g/mol. The van der Waals surface area contributed by atoms with Gasteiger partial charge in [0, 0.05) is 77.5 Å². The van der Waals surface area contributed by atoms with E-state index in [2.05, 4.69) is 31.2 Å². The molecule has 3 aromatic heterocycles. The van der Waals surface area contributed by atoms with E-state index in [1.165, 1.54) is 46.9 Å². The first-order valence-electron chi connectivity index (χ1n) is 24.9. The molecule has 9 rings (SSSR count). The minimum absolute atomic E-state index is 0. The molecule has 0 spiro atoms. The number of carbonyl (C=O) groups excluding carboxylic acids is 3. The summed E-state index contributed by atoms with van der Waals surface area (Å²) in [7, 11) is -5.26. The molecule has 21 nitrogen and oxygen atoms in total. The van der Waals surface area contributed by atoms with Crippen LogP contribution in [-0.4, -0.2) is 125 Å². The van der Waals surface area contributed by atoms with E-state index in [0.717, 1.165) is 74.9 Å². The fraction of sp³-hybridized carbons (Fsp3) is 0.444. The van der Waals surface area contributed by atoms with Crippen molar-refractivity contribution in [2.45, 2.75) is 116 Å². The molecule has 3 aliphatic heterocycles. The molecule has 426 valence electrons. The molecule has 6 aromatic rings. The van der Waals surface area contributed by atoms with Crippen LogP contribution >= 0.6 is 0 Å². The van der Waals surface area contributed by atoms with E-state index < -0.39 is 30.1 Å². The van der Waals surface area contributed by atoms with Crippen LogP contribution in [-0.2, 0) is 51.2 Å². The SMILES string of the molecule is C.C.C.Cc1cc(C(=O)Nc2ccc(S(=O)(=O)N3CCCC3)cc2)n(C)n1.Cc1cc(C(=O)Nc2ccc(S(=O)(=O)N3CCCCC3)cc2)n(C)n1.Cc1cc(C(=O)Nc2ccc(S(=O)(=O)N3CCCCCC3)cc2)n(C)n1. The van der Waals surface area contributed by atoms with Gasteiger partial charge in [-0.15, -0.1) is 0 Å². The van der Waals surface area contributed by atoms with Crippen LogP contribution < -0.4 is 16.0 Å². The lowest BCUT2D eigenvalue weighted by Crippen LogP contribution is -2.35. The summed E-state index contributed by atoms with van der Waals surface area (Å²) in [6.45, 7) is 8.87. The van der Waals surface area contributed by atoms with Gasteiger partial charge in [-0.05, 0) is 150 Å². The average molecular weight is 1140 g/mol. The lowest BCUT2D eigenvalue weighted by molar-refractivity contribution is 0.101. The number of nitrogens with one attached hydrogen (secondary N) is 3. The monoisotopic (exact) mass is 1130 g/mol. The van der Waals surface area contributed by atoms with Crippen LogP contribution in [0.3, 0.4) is 0 Å². The molecule has 0 atom stereocenters. The van der Waals surface area contributed by atoms with E-state index in [1.807, 2.05) is 20.8 Å². The van der Waals surface area contributed by atoms with Crippen LogP contribution in [0.25, 0.3) is 0 Å². The molecule has 3 fully saturated rings. The largest absolute Gasteiger partial charge is 0.321 e. The van der Waals surface area contributed by atoms with Crippen molar-refractivity contribution in [1.82, 2.24) is 42.3 Å². The van der Waals surface area contributed by atoms with Crippen LogP contribution in [0.2, 0.25) is 0 Å². The Morgan fingerprint density at radius 1 is 0.372 bits per heavy atom. The molecule has 3 amide bonds. The van der Waals surface area contributed by atoms with E-state index in [4.69, 9.17) is 0 Å². The molecule has 0 unspecified atom stereocenters. The van der Waals surface area contributed by atoms with Crippen LogP contribution in [0, 0.1) is 20.8 Å². The Morgan fingerprint density at radius 2 is 0.577 bits per heavy atom. The Morgan fingerprint density at radius 3 is 0.782 bits per heavy atom. The summed E-state index contributed by atoms with van der Waals surface area (Å²) in [5, 5.41) is 20.7. The van der Waals surface area contributed by atoms with Gasteiger partial charge in [-0.1, -0.05) is 41.5 Å². The smallest absolute Gasteiger partial charge is 0.273 e. The Kier molecular flexibility index (Phi) is 22.8. The summed E-state index contributed by atoms with van der Waals surface area (Å²) < 4.78 is 84.8. The minimum atomic E-state index is -3.48. The van der Waals surface area contributed by atoms with Crippen LogP contribution in [0.1, 0.15) is 129 Å². The first-order valence-corrected chi connectivity index (χ1v) is 29.2. The number of carbonyl (C=O) groups is 3. The number of sulfonamides is 3. The number of aromatic nitrogens is 6. The first-order chi connectivity index (χ1) is 35.6. The molecule has 0 aliphatic carbocycles. The number of aryl methyl sites for hydroxylation is 6. The number of nitrogens with zero attached hydrogens (tertiary/aromatic N) is 9. The average Bonchev–Trinajstić information content (AvgIpc) is 4.16. The van der Waals surface area contributed by atoms with Gasteiger partial charge >= 0.3 is 0 Å². The second-order valence-corrected chi connectivity index (χ2v) is 24.5. The van der Waals surface area contributed by atoms with Crippen LogP contribution in [0.15, 0.2) is 106 Å². The number of rotatable bonds is 12. The highest BCUT2D eigenvalue weighted by Crippen LogP contribution is 2.26. The summed E-state index contributed by atoms with van der Waals surface area (Å²) in [6.07, 6.45) is 8.62. The highest BCUT2D eigenvalue weighted by atomic mass is 32.2. The van der Waals surface area contributed by atoms with Gasteiger partial charge in [0.25, 0.3) is 17.7 Å². The lowest BCUT2D eigenvalue weighted by atomic mass is 10.2. The maximum atomic E-state index is 12.8. The fourth-order valence-electron chi connectivity index (χ4n) is 8.95. The topological polar surface area (TPSA) is 253 Å². The van der Waals surface area contributed by atoms with Crippen molar-refractivity contribution in [3.8, 4) is 0 Å². The molecule has 6 heterocycles. The molecule has 3 aromatic carbocycles. The highest BCUT2D eigenvalue weighted by Gasteiger charge is 2.29. The molecule has 0 saturated carbocycles. The van der Waals surface area contributed by atoms with Crippen molar-refractivity contribution in [2.24, 2.45) is 21.1 Å². The zero-order chi connectivity index (χ0) is 54.1. The molecule has 24 heteroatoms. The number of anilines is 3. The lowest BCUT2D eigenvalue weighted by Gasteiger charge is -2.25. The standard InChI is InChI=1S/C18H24N4O3S.C17H22N4O3S.C16H20N4O3S.3CH4/c1-14-13-17(21(2)20-14)18(23)19-15-7-9-16(10-8-15)26(24,25)22-11-5-3-4-6-12-22;1-13-12-16(20(2)19-13)17(22)18-14-6-8-15(9-7-14)25(23,24)21-10-4-3-5-11-21;1-12-11-15(19(2)18-12)16(21)17-13-5-7-14(8-6-13)24(22,23)20-9-3-4-10-20;;;/h7-10,13H,3-6,11-12H2,1-2H3,(H,19,23);6-9,12H,3-5,10-11H2,1-2H3,(H,18,22);5-8,11H,3-4,9-10H2,1-2H3,(H,17,21);3*1H4. The Balaban J connectivity index is 0.000000248. The quantitative estimate of drug-likeness (QED) is 0.104. The summed E-state index contributed by atoms with van der Waals surface area (Å²) in [4.78, 5) is 37.6. The van der Waals surface area contributed by atoms with Crippen molar-refractivity contribution in [1.29, 1.82) is 0 Å². The summed E-state index contributed by atoms with van der Waals surface area (Å²) in [6, 6.07) is 24.0. The van der Waals surface area contributed by atoms with Crippen molar-refractivity contribution >= 4 is 64.9 Å². The third kappa shape index (κ3) is 15.8. The molecule has 0 bridgehead atoms. The van der Waals surface area contributed by atoms with Gasteiger partial charge in [-0.25, -0.2) is 25.3 Å². The number of benzene rings is 3. The van der Waals surface area contributed by atoms with E-state index in [9.17, 15) is 39.6 Å². The van der Waals surface area contributed by atoms with Gasteiger partial charge in [0.1, 0.15) is 17.1 Å². The van der Waals surface area contributed by atoms with Gasteiger partial charge in [-0.3, -0.25) is 28.4 Å². The Labute approximate surface area is 461 Å². The van der Waals surface area contributed by atoms with Crippen molar-refractivity contribution in [3.63, 3.8) is 0 Å². The third-order valence-electron chi connectivity index (χ3n) is 12.9. The normalized spacial score (nSPS) is 15.3. The number of amides is 3. The van der Waals surface area contributed by atoms with Gasteiger partial charge in [0.05, 0.1) is 31.8 Å². The molecule has 0 radical (unpaired) electrons. The van der Waals surface area contributed by atoms with Gasteiger partial charge in [0.15, 0.2) is 0 Å².